The van der Waals surface area contributed by atoms with E-state index in [1.165, 1.54) is 16.7 Å². The smallest absolute Gasteiger partial charge is 0.307 e. The Hall–Kier alpha value is -3.29. The van der Waals surface area contributed by atoms with Gasteiger partial charge in [0.25, 0.3) is 5.91 Å². The minimum absolute atomic E-state index is 0. The van der Waals surface area contributed by atoms with Crippen LogP contribution in [0.25, 0.3) is 0 Å². The second kappa shape index (κ2) is 17.6. The molecule has 1 aliphatic rings. The summed E-state index contributed by atoms with van der Waals surface area (Å²) >= 11 is 1.29. The van der Waals surface area contributed by atoms with E-state index in [2.05, 4.69) is 5.32 Å². The molecule has 0 bridgehead atoms. The molecule has 3 rings (SSSR count). The summed E-state index contributed by atoms with van der Waals surface area (Å²) in [7, 11) is 0. The van der Waals surface area contributed by atoms with Crippen molar-refractivity contribution >= 4 is 47.7 Å². The van der Waals surface area contributed by atoms with Gasteiger partial charge in [-0.1, -0.05) is 39.8 Å². The SMILES string of the molecule is CC(C)C(Oc1ccc(CNC(=O)C2SCCN2C(=O)C[C@H](N)Cc2cc(F)c(F)cc2F)cc1)C(=O)C[C@H](C(=O)O)C(C)C.Cl. The first-order valence-electron chi connectivity index (χ1n) is 14.8. The molecule has 254 valence electrons. The van der Waals surface area contributed by atoms with Crippen LogP contribution in [-0.2, 0) is 32.1 Å². The van der Waals surface area contributed by atoms with Crippen LogP contribution in [0.2, 0.25) is 0 Å². The van der Waals surface area contributed by atoms with Gasteiger partial charge >= 0.3 is 5.97 Å². The average Bonchev–Trinajstić information content (AvgIpc) is 3.46. The molecule has 1 saturated heterocycles. The second-order valence-electron chi connectivity index (χ2n) is 11.8. The van der Waals surface area contributed by atoms with Crippen molar-refractivity contribution in [3.05, 3.63) is 65.0 Å². The second-order valence-corrected chi connectivity index (χ2v) is 13.0. The van der Waals surface area contributed by atoms with Gasteiger partial charge in [-0.3, -0.25) is 19.2 Å². The van der Waals surface area contributed by atoms with Gasteiger partial charge in [0.15, 0.2) is 28.9 Å². The number of benzene rings is 2. The number of carbonyl (C=O) groups excluding carboxylic acids is 3. The number of hydrogen-bond acceptors (Lipinski definition) is 7. The molecule has 46 heavy (non-hydrogen) atoms. The van der Waals surface area contributed by atoms with Gasteiger partial charge in [0.2, 0.25) is 5.91 Å². The third-order valence-corrected chi connectivity index (χ3v) is 8.77. The van der Waals surface area contributed by atoms with Crippen LogP contribution in [-0.4, -0.2) is 63.4 Å². The standard InChI is InChI=1S/C32H40F3N3O6S.ClH/c1-17(2)23(32(42)43)14-27(39)29(18(3)4)44-22-7-5-19(6-8-22)16-37-30(41)31-38(9-10-45-31)28(40)13-21(36)11-20-12-25(34)26(35)15-24(20)33;/h5-8,12,15,17-18,21,23,29,31H,9-11,13-14,16,36H2,1-4H3,(H,37,41)(H,42,43);1H/t21-,23+,29?,31?;/m1./s1. The Bertz CT molecular complexity index is 1380. The molecule has 4 atom stereocenters. The van der Waals surface area contributed by atoms with Gasteiger partial charge in [-0.15, -0.1) is 24.2 Å². The molecular weight excluding hydrogens is 647 g/mol. The Kier molecular flexibility index (Phi) is 14.9. The molecule has 1 aliphatic heterocycles. The molecule has 2 aromatic carbocycles. The largest absolute Gasteiger partial charge is 0.482 e. The van der Waals surface area contributed by atoms with Crippen LogP contribution in [0.1, 0.15) is 51.7 Å². The molecule has 2 amide bonds. The van der Waals surface area contributed by atoms with Crippen LogP contribution in [0.4, 0.5) is 13.2 Å². The Balaban J connectivity index is 0.00000736. The Morgan fingerprint density at radius 2 is 1.63 bits per heavy atom. The number of ketones is 1. The van der Waals surface area contributed by atoms with Crippen molar-refractivity contribution in [2.24, 2.45) is 23.5 Å². The van der Waals surface area contributed by atoms with Crippen molar-refractivity contribution in [2.75, 3.05) is 12.3 Å². The normalized spacial score (nSPS) is 16.5. The molecule has 9 nitrogen and oxygen atoms in total. The van der Waals surface area contributed by atoms with Crippen molar-refractivity contribution in [1.29, 1.82) is 0 Å². The molecule has 4 N–H and O–H groups in total. The van der Waals surface area contributed by atoms with E-state index in [9.17, 15) is 37.5 Å². The number of carboxylic acid groups (broad SMARTS) is 1. The number of carboxylic acids is 1. The lowest BCUT2D eigenvalue weighted by Gasteiger charge is -2.25. The Morgan fingerprint density at radius 3 is 2.22 bits per heavy atom. The van der Waals surface area contributed by atoms with E-state index in [4.69, 9.17) is 10.5 Å². The van der Waals surface area contributed by atoms with Gasteiger partial charge in [0.1, 0.15) is 11.6 Å². The first kappa shape index (κ1) is 38.9. The van der Waals surface area contributed by atoms with Crippen molar-refractivity contribution in [1.82, 2.24) is 10.2 Å². The minimum Gasteiger partial charge on any atom is -0.482 e. The molecule has 0 saturated carbocycles. The van der Waals surface area contributed by atoms with Crippen LogP contribution < -0.4 is 15.8 Å². The third kappa shape index (κ3) is 10.6. The number of Topliss-reactive ketones (excluding diaryl/α,β-unsaturated/α-hetero) is 1. The van der Waals surface area contributed by atoms with Crippen LogP contribution in [0.5, 0.6) is 5.75 Å². The molecule has 2 aromatic rings. The highest BCUT2D eigenvalue weighted by atomic mass is 35.5. The van der Waals surface area contributed by atoms with Crippen LogP contribution in [0, 0.1) is 35.2 Å². The fraction of sp³-hybridized carbons (Fsp3) is 0.500. The zero-order valence-corrected chi connectivity index (χ0v) is 27.8. The van der Waals surface area contributed by atoms with E-state index in [-0.39, 0.29) is 67.3 Å². The van der Waals surface area contributed by atoms with Crippen LogP contribution >= 0.6 is 24.2 Å². The summed E-state index contributed by atoms with van der Waals surface area (Å²) in [4.78, 5) is 51.8. The first-order valence-corrected chi connectivity index (χ1v) is 15.8. The maximum absolute atomic E-state index is 14.0. The van der Waals surface area contributed by atoms with Gasteiger partial charge in [-0.25, -0.2) is 13.2 Å². The number of amides is 2. The zero-order chi connectivity index (χ0) is 33.4. The number of halogens is 4. The van der Waals surface area contributed by atoms with Gasteiger partial charge < -0.3 is 25.8 Å². The third-order valence-electron chi connectivity index (χ3n) is 7.56. The predicted molar refractivity (Wildman–Crippen MR) is 171 cm³/mol. The number of nitrogens with two attached hydrogens (primary N) is 1. The maximum Gasteiger partial charge on any atom is 0.307 e. The molecular formula is C32H41ClF3N3O6S. The van der Waals surface area contributed by atoms with E-state index in [1.54, 1.807) is 38.1 Å². The average molecular weight is 688 g/mol. The van der Waals surface area contributed by atoms with Gasteiger partial charge in [0.05, 0.1) is 5.92 Å². The van der Waals surface area contributed by atoms with Gasteiger partial charge in [-0.05, 0) is 47.6 Å². The summed E-state index contributed by atoms with van der Waals surface area (Å²) in [6.45, 7) is 7.65. The highest BCUT2D eigenvalue weighted by Crippen LogP contribution is 2.26. The van der Waals surface area contributed by atoms with Crippen molar-refractivity contribution in [3.63, 3.8) is 0 Å². The summed E-state index contributed by atoms with van der Waals surface area (Å²) in [6.07, 6.45) is -1.34. The number of carbonyl (C=O) groups is 4. The molecule has 1 fully saturated rings. The van der Waals surface area contributed by atoms with E-state index in [0.717, 1.165) is 11.6 Å². The van der Waals surface area contributed by atoms with E-state index < -0.39 is 52.8 Å². The predicted octanol–water partition coefficient (Wildman–Crippen LogP) is 4.72. The van der Waals surface area contributed by atoms with Crippen LogP contribution in [0.15, 0.2) is 36.4 Å². The number of nitrogens with zero attached hydrogens (tertiary/aromatic N) is 1. The van der Waals surface area contributed by atoms with Crippen molar-refractivity contribution in [2.45, 2.75) is 71.0 Å². The molecule has 0 radical (unpaired) electrons. The quantitative estimate of drug-likeness (QED) is 0.229. The van der Waals surface area contributed by atoms with Crippen LogP contribution in [0.3, 0.4) is 0 Å². The summed E-state index contributed by atoms with van der Waals surface area (Å²) in [5.74, 6) is -5.79. The zero-order valence-electron chi connectivity index (χ0n) is 26.1. The number of nitrogens with one attached hydrogen (secondary N) is 1. The van der Waals surface area contributed by atoms with Crippen molar-refractivity contribution < 1.29 is 42.2 Å². The van der Waals surface area contributed by atoms with Crippen molar-refractivity contribution in [3.8, 4) is 5.75 Å². The fourth-order valence-electron chi connectivity index (χ4n) is 4.98. The monoisotopic (exact) mass is 687 g/mol. The first-order chi connectivity index (χ1) is 21.2. The number of rotatable bonds is 15. The van der Waals surface area contributed by atoms with E-state index in [1.807, 2.05) is 13.8 Å². The summed E-state index contributed by atoms with van der Waals surface area (Å²) in [5.41, 5.74) is 6.62. The summed E-state index contributed by atoms with van der Waals surface area (Å²) in [5, 5.41) is 11.5. The molecule has 1 heterocycles. The van der Waals surface area contributed by atoms with E-state index >= 15 is 0 Å². The minimum atomic E-state index is -1.31. The summed E-state index contributed by atoms with van der Waals surface area (Å²) in [6, 6.07) is 7.08. The topological polar surface area (TPSA) is 139 Å². The number of thioether (sulfide) groups is 1. The molecule has 0 aromatic heterocycles. The lowest BCUT2D eigenvalue weighted by Crippen LogP contribution is -2.46. The lowest BCUT2D eigenvalue weighted by molar-refractivity contribution is -0.146. The molecule has 0 aliphatic carbocycles. The van der Waals surface area contributed by atoms with E-state index in [0.29, 0.717) is 24.1 Å². The lowest BCUT2D eigenvalue weighted by atomic mass is 9.87. The molecule has 14 heteroatoms. The number of ether oxygens (including phenoxy) is 1. The fourth-order valence-corrected chi connectivity index (χ4v) is 6.15. The summed E-state index contributed by atoms with van der Waals surface area (Å²) < 4.78 is 46.7. The van der Waals surface area contributed by atoms with Gasteiger partial charge in [0, 0.05) is 43.8 Å². The molecule has 0 spiro atoms. The van der Waals surface area contributed by atoms with Gasteiger partial charge in [-0.2, -0.15) is 0 Å². The Labute approximate surface area is 277 Å². The number of aliphatic carboxylic acids is 1. The molecule has 2 unspecified atom stereocenters. The highest BCUT2D eigenvalue weighted by Gasteiger charge is 2.35. The Morgan fingerprint density at radius 1 is 1.00 bits per heavy atom. The maximum atomic E-state index is 14.0. The highest BCUT2D eigenvalue weighted by molar-refractivity contribution is 8.00. The number of hydrogen-bond donors (Lipinski definition) is 3.